The van der Waals surface area contributed by atoms with Crippen molar-refractivity contribution in [3.8, 4) is 17.2 Å². The fourth-order valence-corrected chi connectivity index (χ4v) is 2.42. The lowest BCUT2D eigenvalue weighted by Gasteiger charge is -2.01. The van der Waals surface area contributed by atoms with Crippen LogP contribution in [0, 0.1) is 0 Å². The van der Waals surface area contributed by atoms with Crippen LogP contribution in [0.4, 0.5) is 5.82 Å². The predicted molar refractivity (Wildman–Crippen MR) is 89.9 cm³/mol. The molecular weight excluding hydrogens is 328 g/mol. The van der Waals surface area contributed by atoms with Gasteiger partial charge in [-0.2, -0.15) is 0 Å². The van der Waals surface area contributed by atoms with E-state index in [0.717, 1.165) is 11.3 Å². The first-order valence-electron chi connectivity index (χ1n) is 7.06. The Kier molecular flexibility index (Phi) is 5.07. The Balaban J connectivity index is 1.56. The molecule has 3 aromatic rings. The molecule has 0 spiro atoms. The number of methoxy groups -OCH3 is 1. The van der Waals surface area contributed by atoms with Gasteiger partial charge in [-0.3, -0.25) is 4.79 Å². The van der Waals surface area contributed by atoms with Crippen molar-refractivity contribution >= 4 is 23.5 Å². The van der Waals surface area contributed by atoms with Crippen molar-refractivity contribution in [2.24, 2.45) is 0 Å². The quantitative estimate of drug-likeness (QED) is 0.689. The van der Waals surface area contributed by atoms with Gasteiger partial charge in [0.15, 0.2) is 0 Å². The largest absolute Gasteiger partial charge is 0.497 e. The SMILES string of the molecule is COc1ccc(-c2nnc(SCC(=O)Nc3ccccn3)o2)cc1. The maximum atomic E-state index is 11.9. The molecule has 0 radical (unpaired) electrons. The Morgan fingerprint density at radius 1 is 1.21 bits per heavy atom. The minimum atomic E-state index is -0.192. The minimum Gasteiger partial charge on any atom is -0.497 e. The average Bonchev–Trinajstić information content (AvgIpc) is 3.10. The summed E-state index contributed by atoms with van der Waals surface area (Å²) in [5, 5.41) is 10.9. The fraction of sp³-hybridized carbons (Fsp3) is 0.125. The Labute approximate surface area is 142 Å². The molecule has 2 aromatic heterocycles. The number of benzene rings is 1. The highest BCUT2D eigenvalue weighted by atomic mass is 32.2. The monoisotopic (exact) mass is 342 g/mol. The Morgan fingerprint density at radius 3 is 2.75 bits per heavy atom. The summed E-state index contributed by atoms with van der Waals surface area (Å²) in [4.78, 5) is 15.9. The lowest BCUT2D eigenvalue weighted by Crippen LogP contribution is -2.14. The van der Waals surface area contributed by atoms with E-state index in [1.165, 1.54) is 11.8 Å². The summed E-state index contributed by atoms with van der Waals surface area (Å²) >= 11 is 1.17. The molecule has 0 saturated heterocycles. The molecule has 0 aliphatic rings. The molecule has 7 nitrogen and oxygen atoms in total. The third-order valence-electron chi connectivity index (χ3n) is 3.00. The van der Waals surface area contributed by atoms with Crippen LogP contribution in [-0.4, -0.2) is 34.0 Å². The topological polar surface area (TPSA) is 90.1 Å². The first-order chi connectivity index (χ1) is 11.7. The summed E-state index contributed by atoms with van der Waals surface area (Å²) in [5.41, 5.74) is 0.785. The number of nitrogens with one attached hydrogen (secondary N) is 1. The normalized spacial score (nSPS) is 10.4. The molecular formula is C16H14N4O3S. The number of nitrogens with zero attached hydrogens (tertiary/aromatic N) is 3. The second-order valence-electron chi connectivity index (χ2n) is 4.65. The van der Waals surface area contributed by atoms with Gasteiger partial charge in [0.05, 0.1) is 12.9 Å². The molecule has 0 fully saturated rings. The Hall–Kier alpha value is -2.87. The van der Waals surface area contributed by atoms with Crippen molar-refractivity contribution < 1.29 is 13.9 Å². The number of ether oxygens (including phenoxy) is 1. The molecule has 0 aliphatic heterocycles. The van der Waals surface area contributed by atoms with Gasteiger partial charge < -0.3 is 14.5 Å². The first kappa shape index (κ1) is 16.0. The molecule has 0 bridgehead atoms. The van der Waals surface area contributed by atoms with Crippen LogP contribution < -0.4 is 10.1 Å². The van der Waals surface area contributed by atoms with Gasteiger partial charge in [-0.25, -0.2) is 4.98 Å². The number of hydrogen-bond acceptors (Lipinski definition) is 7. The third-order valence-corrected chi connectivity index (χ3v) is 3.82. The van der Waals surface area contributed by atoms with Crippen LogP contribution in [0.5, 0.6) is 5.75 Å². The van der Waals surface area contributed by atoms with E-state index in [1.54, 1.807) is 31.5 Å². The summed E-state index contributed by atoms with van der Waals surface area (Å²) in [7, 11) is 1.60. The number of carbonyl (C=O) groups excluding carboxylic acids is 1. The van der Waals surface area contributed by atoms with Crippen LogP contribution in [0.25, 0.3) is 11.5 Å². The van der Waals surface area contributed by atoms with E-state index in [-0.39, 0.29) is 11.7 Å². The van der Waals surface area contributed by atoms with Gasteiger partial charge in [0.1, 0.15) is 11.6 Å². The van der Waals surface area contributed by atoms with Crippen LogP contribution in [0.1, 0.15) is 0 Å². The first-order valence-corrected chi connectivity index (χ1v) is 8.05. The summed E-state index contributed by atoms with van der Waals surface area (Å²) < 4.78 is 10.7. The number of anilines is 1. The highest BCUT2D eigenvalue weighted by Gasteiger charge is 2.11. The molecule has 0 saturated carbocycles. The fourth-order valence-electron chi connectivity index (χ4n) is 1.86. The van der Waals surface area contributed by atoms with Crippen molar-refractivity contribution in [1.29, 1.82) is 0 Å². The molecule has 8 heteroatoms. The van der Waals surface area contributed by atoms with Gasteiger partial charge in [-0.15, -0.1) is 10.2 Å². The highest BCUT2D eigenvalue weighted by Crippen LogP contribution is 2.24. The van der Waals surface area contributed by atoms with E-state index < -0.39 is 0 Å². The Bertz CT molecular complexity index is 806. The van der Waals surface area contributed by atoms with E-state index in [0.29, 0.717) is 16.9 Å². The number of amides is 1. The molecule has 0 atom stereocenters. The summed E-state index contributed by atoms with van der Waals surface area (Å²) in [6, 6.07) is 12.6. The number of hydrogen-bond donors (Lipinski definition) is 1. The molecule has 1 amide bonds. The zero-order valence-corrected chi connectivity index (χ0v) is 13.6. The van der Waals surface area contributed by atoms with Crippen LogP contribution >= 0.6 is 11.8 Å². The van der Waals surface area contributed by atoms with Crippen LogP contribution in [-0.2, 0) is 4.79 Å². The summed E-state index contributed by atoms with van der Waals surface area (Å²) in [6.07, 6.45) is 1.61. The second-order valence-corrected chi connectivity index (χ2v) is 5.58. The van der Waals surface area contributed by atoms with Gasteiger partial charge >= 0.3 is 0 Å². The van der Waals surface area contributed by atoms with Crippen LogP contribution in [0.3, 0.4) is 0 Å². The molecule has 0 aliphatic carbocycles. The molecule has 122 valence electrons. The summed E-state index contributed by atoms with van der Waals surface area (Å²) in [5.74, 6) is 1.61. The second kappa shape index (κ2) is 7.60. The van der Waals surface area contributed by atoms with Gasteiger partial charge in [0, 0.05) is 11.8 Å². The standard InChI is InChI=1S/C16H14N4O3S/c1-22-12-7-5-11(6-8-12)15-19-20-16(23-15)24-10-14(21)18-13-4-2-3-9-17-13/h2-9H,10H2,1H3,(H,17,18,21). The number of aromatic nitrogens is 3. The van der Waals surface area contributed by atoms with Crippen molar-refractivity contribution in [3.05, 3.63) is 48.7 Å². The van der Waals surface area contributed by atoms with Gasteiger partial charge in [0.2, 0.25) is 11.8 Å². The summed E-state index contributed by atoms with van der Waals surface area (Å²) in [6.45, 7) is 0. The smallest absolute Gasteiger partial charge is 0.277 e. The lowest BCUT2D eigenvalue weighted by atomic mass is 10.2. The zero-order valence-electron chi connectivity index (χ0n) is 12.8. The molecule has 1 N–H and O–H groups in total. The van der Waals surface area contributed by atoms with Crippen molar-refractivity contribution in [1.82, 2.24) is 15.2 Å². The van der Waals surface area contributed by atoms with E-state index in [9.17, 15) is 4.79 Å². The average molecular weight is 342 g/mol. The lowest BCUT2D eigenvalue weighted by molar-refractivity contribution is -0.113. The molecule has 2 heterocycles. The van der Waals surface area contributed by atoms with E-state index in [2.05, 4.69) is 20.5 Å². The van der Waals surface area contributed by atoms with Crippen LogP contribution in [0.15, 0.2) is 58.3 Å². The van der Waals surface area contributed by atoms with Crippen molar-refractivity contribution in [3.63, 3.8) is 0 Å². The maximum Gasteiger partial charge on any atom is 0.277 e. The van der Waals surface area contributed by atoms with Gasteiger partial charge in [-0.1, -0.05) is 17.8 Å². The van der Waals surface area contributed by atoms with Crippen molar-refractivity contribution in [2.45, 2.75) is 5.22 Å². The van der Waals surface area contributed by atoms with E-state index >= 15 is 0 Å². The third kappa shape index (κ3) is 4.11. The number of pyridine rings is 1. The Morgan fingerprint density at radius 2 is 2.04 bits per heavy atom. The van der Waals surface area contributed by atoms with Crippen LogP contribution in [0.2, 0.25) is 0 Å². The maximum absolute atomic E-state index is 11.9. The molecule has 3 rings (SSSR count). The predicted octanol–water partition coefficient (Wildman–Crippen LogP) is 2.87. The molecule has 24 heavy (non-hydrogen) atoms. The zero-order chi connectivity index (χ0) is 16.8. The van der Waals surface area contributed by atoms with Gasteiger partial charge in [-0.05, 0) is 36.4 Å². The van der Waals surface area contributed by atoms with Crippen molar-refractivity contribution in [2.75, 3.05) is 18.2 Å². The molecule has 0 unspecified atom stereocenters. The highest BCUT2D eigenvalue weighted by molar-refractivity contribution is 7.99. The minimum absolute atomic E-state index is 0.154. The van der Waals surface area contributed by atoms with Gasteiger partial charge in [0.25, 0.3) is 5.22 Å². The van der Waals surface area contributed by atoms with E-state index in [1.807, 2.05) is 24.3 Å². The number of rotatable bonds is 6. The number of thioether (sulfide) groups is 1. The van der Waals surface area contributed by atoms with E-state index in [4.69, 9.17) is 9.15 Å². The number of carbonyl (C=O) groups is 1. The molecule has 1 aromatic carbocycles.